The van der Waals surface area contributed by atoms with Gasteiger partial charge in [0.05, 0.1) is 0 Å². The zero-order valence-corrected chi connectivity index (χ0v) is 18.0. The molecule has 0 saturated carbocycles. The first-order valence-corrected chi connectivity index (χ1v) is 9.64. The van der Waals surface area contributed by atoms with Crippen molar-refractivity contribution in [2.24, 2.45) is 5.41 Å². The number of allylic oxidation sites excluding steroid dienone is 9. The van der Waals surface area contributed by atoms with Crippen molar-refractivity contribution in [1.29, 1.82) is 0 Å². The van der Waals surface area contributed by atoms with Crippen LogP contribution in [0.2, 0.25) is 0 Å². The van der Waals surface area contributed by atoms with Gasteiger partial charge in [0.2, 0.25) is 5.91 Å². The van der Waals surface area contributed by atoms with Crippen LogP contribution in [0, 0.1) is 5.41 Å². The molecular formula is C24H37NO. The van der Waals surface area contributed by atoms with Gasteiger partial charge in [0.1, 0.15) is 0 Å². The third kappa shape index (κ3) is 8.03. The highest BCUT2D eigenvalue weighted by Gasteiger charge is 2.26. The first kappa shape index (κ1) is 22.2. The molecule has 0 heterocycles. The summed E-state index contributed by atoms with van der Waals surface area (Å²) in [6.45, 7) is 16.9. The maximum absolute atomic E-state index is 11.9. The van der Waals surface area contributed by atoms with Crippen molar-refractivity contribution in [2.45, 2.75) is 80.2 Å². The van der Waals surface area contributed by atoms with Gasteiger partial charge in [-0.2, -0.15) is 0 Å². The maximum Gasteiger partial charge on any atom is 0.244 e. The van der Waals surface area contributed by atoms with E-state index in [0.29, 0.717) is 0 Å². The van der Waals surface area contributed by atoms with Gasteiger partial charge in [-0.1, -0.05) is 55.4 Å². The smallest absolute Gasteiger partial charge is 0.244 e. The molecule has 1 aliphatic rings. The molecule has 1 amide bonds. The van der Waals surface area contributed by atoms with Crippen LogP contribution >= 0.6 is 0 Å². The molecule has 0 radical (unpaired) electrons. The Morgan fingerprint density at radius 2 is 1.77 bits per heavy atom. The Morgan fingerprint density at radius 3 is 2.35 bits per heavy atom. The van der Waals surface area contributed by atoms with Crippen LogP contribution in [0.5, 0.6) is 0 Å². The van der Waals surface area contributed by atoms with Crippen molar-refractivity contribution >= 4 is 5.91 Å². The first-order chi connectivity index (χ1) is 11.9. The average molecular weight is 356 g/mol. The largest absolute Gasteiger partial charge is 0.348 e. The molecule has 0 aliphatic heterocycles. The predicted molar refractivity (Wildman–Crippen MR) is 114 cm³/mol. The van der Waals surface area contributed by atoms with Crippen LogP contribution in [-0.4, -0.2) is 11.4 Å². The van der Waals surface area contributed by atoms with Crippen LogP contribution in [0.25, 0.3) is 0 Å². The SMILES string of the molecule is CC(C=CC1=C(C)CCCC1(C)C)=CC=CC(C)=CC(=O)NC(C)(C)C. The van der Waals surface area contributed by atoms with Crippen molar-refractivity contribution < 1.29 is 4.79 Å². The number of nitrogens with one attached hydrogen (secondary N) is 1. The van der Waals surface area contributed by atoms with E-state index >= 15 is 0 Å². The fraction of sp³-hybridized carbons (Fsp3) is 0.542. The molecule has 1 N–H and O–H groups in total. The highest BCUT2D eigenvalue weighted by molar-refractivity contribution is 5.89. The minimum atomic E-state index is -0.210. The Hall–Kier alpha value is -1.83. The van der Waals surface area contributed by atoms with Gasteiger partial charge in [-0.05, 0) is 77.4 Å². The third-order valence-electron chi connectivity index (χ3n) is 4.63. The molecule has 2 heteroatoms. The average Bonchev–Trinajstić information content (AvgIpc) is 2.43. The molecule has 0 atom stereocenters. The topological polar surface area (TPSA) is 29.1 Å². The molecule has 144 valence electrons. The van der Waals surface area contributed by atoms with E-state index in [1.807, 2.05) is 39.8 Å². The lowest BCUT2D eigenvalue weighted by molar-refractivity contribution is -0.117. The molecule has 2 nitrogen and oxygen atoms in total. The number of rotatable bonds is 5. The molecule has 1 rings (SSSR count). The number of carbonyl (C=O) groups excluding carboxylic acids is 1. The van der Waals surface area contributed by atoms with Crippen molar-refractivity contribution in [3.05, 3.63) is 58.7 Å². The van der Waals surface area contributed by atoms with Crippen molar-refractivity contribution in [2.75, 3.05) is 0 Å². The minimum absolute atomic E-state index is 0.0535. The number of carbonyl (C=O) groups is 1. The Kier molecular flexibility index (Phi) is 7.87. The zero-order chi connectivity index (χ0) is 20.0. The van der Waals surface area contributed by atoms with Gasteiger partial charge < -0.3 is 5.32 Å². The van der Waals surface area contributed by atoms with Crippen LogP contribution in [0.4, 0.5) is 0 Å². The molecule has 0 aromatic heterocycles. The molecule has 0 saturated heterocycles. The third-order valence-corrected chi connectivity index (χ3v) is 4.63. The van der Waals surface area contributed by atoms with Gasteiger partial charge in [0.25, 0.3) is 0 Å². The fourth-order valence-electron chi connectivity index (χ4n) is 3.29. The zero-order valence-electron chi connectivity index (χ0n) is 18.0. The van der Waals surface area contributed by atoms with E-state index in [0.717, 1.165) is 5.57 Å². The summed E-state index contributed by atoms with van der Waals surface area (Å²) in [7, 11) is 0. The summed E-state index contributed by atoms with van der Waals surface area (Å²) in [5, 5.41) is 2.94. The van der Waals surface area contributed by atoms with E-state index in [1.165, 1.54) is 36.0 Å². The highest BCUT2D eigenvalue weighted by Crippen LogP contribution is 2.40. The Morgan fingerprint density at radius 1 is 1.12 bits per heavy atom. The molecule has 0 unspecified atom stereocenters. The van der Waals surface area contributed by atoms with E-state index in [2.05, 4.69) is 51.2 Å². The summed E-state index contributed by atoms with van der Waals surface area (Å²) in [5.41, 5.74) is 5.20. The number of hydrogen-bond acceptors (Lipinski definition) is 1. The Labute approximate surface area is 160 Å². The Balaban J connectivity index is 2.73. The summed E-state index contributed by atoms with van der Waals surface area (Å²) in [6.07, 6.45) is 15.9. The normalized spacial score (nSPS) is 19.5. The maximum atomic E-state index is 11.9. The summed E-state index contributed by atoms with van der Waals surface area (Å²) in [4.78, 5) is 11.9. The number of hydrogen-bond donors (Lipinski definition) is 1. The van der Waals surface area contributed by atoms with Gasteiger partial charge in [-0.3, -0.25) is 4.79 Å². The summed E-state index contributed by atoms with van der Waals surface area (Å²) in [6, 6.07) is 0. The first-order valence-electron chi connectivity index (χ1n) is 9.64. The fourth-order valence-corrected chi connectivity index (χ4v) is 3.29. The second-order valence-corrected chi connectivity index (χ2v) is 9.16. The van der Waals surface area contributed by atoms with Crippen LogP contribution in [0.3, 0.4) is 0 Å². The second kappa shape index (κ2) is 9.21. The van der Waals surface area contributed by atoms with Gasteiger partial charge in [0.15, 0.2) is 0 Å². The lowest BCUT2D eigenvalue weighted by atomic mass is 9.72. The van der Waals surface area contributed by atoms with Crippen LogP contribution in [0.15, 0.2) is 58.7 Å². The highest BCUT2D eigenvalue weighted by atomic mass is 16.1. The van der Waals surface area contributed by atoms with Crippen molar-refractivity contribution in [3.8, 4) is 0 Å². The monoisotopic (exact) mass is 355 g/mol. The van der Waals surface area contributed by atoms with E-state index in [9.17, 15) is 4.79 Å². The quantitative estimate of drug-likeness (QED) is 0.446. The molecule has 1 aliphatic carbocycles. The summed E-state index contributed by atoms with van der Waals surface area (Å²) < 4.78 is 0. The van der Waals surface area contributed by atoms with Gasteiger partial charge in [0, 0.05) is 11.6 Å². The van der Waals surface area contributed by atoms with Crippen molar-refractivity contribution in [1.82, 2.24) is 5.32 Å². The molecule has 0 aromatic rings. The second-order valence-electron chi connectivity index (χ2n) is 9.16. The van der Waals surface area contributed by atoms with E-state index < -0.39 is 0 Å². The predicted octanol–water partition coefficient (Wildman–Crippen LogP) is 6.43. The molecule has 26 heavy (non-hydrogen) atoms. The van der Waals surface area contributed by atoms with E-state index in [-0.39, 0.29) is 16.9 Å². The van der Waals surface area contributed by atoms with E-state index in [1.54, 1.807) is 6.08 Å². The molecule has 0 fully saturated rings. The van der Waals surface area contributed by atoms with Crippen LogP contribution in [-0.2, 0) is 4.79 Å². The molecule has 0 aromatic carbocycles. The lowest BCUT2D eigenvalue weighted by Crippen LogP contribution is -2.39. The summed E-state index contributed by atoms with van der Waals surface area (Å²) >= 11 is 0. The lowest BCUT2D eigenvalue weighted by Gasteiger charge is -2.32. The Bertz CT molecular complexity index is 661. The van der Waals surface area contributed by atoms with Crippen LogP contribution < -0.4 is 5.32 Å². The van der Waals surface area contributed by atoms with Gasteiger partial charge in [-0.25, -0.2) is 0 Å². The number of amides is 1. The van der Waals surface area contributed by atoms with Crippen molar-refractivity contribution in [3.63, 3.8) is 0 Å². The molecule has 0 spiro atoms. The molecule has 0 bridgehead atoms. The van der Waals surface area contributed by atoms with Gasteiger partial charge >= 0.3 is 0 Å². The van der Waals surface area contributed by atoms with Crippen LogP contribution in [0.1, 0.15) is 74.7 Å². The van der Waals surface area contributed by atoms with Gasteiger partial charge in [-0.15, -0.1) is 0 Å². The van der Waals surface area contributed by atoms with E-state index in [4.69, 9.17) is 0 Å². The standard InChI is InChI=1S/C24H37NO/c1-18(14-15-21-20(3)13-10-16-24(21,7)8)11-9-12-19(2)17-22(26)25-23(4,5)6/h9,11-12,14-15,17H,10,13,16H2,1-8H3,(H,25,26). The summed E-state index contributed by atoms with van der Waals surface area (Å²) in [5.74, 6) is -0.0535. The minimum Gasteiger partial charge on any atom is -0.348 e. The molecular weight excluding hydrogens is 318 g/mol.